The topological polar surface area (TPSA) is 70.1 Å². The van der Waals surface area contributed by atoms with E-state index in [0.29, 0.717) is 17.7 Å². The number of hydrogen-bond acceptors (Lipinski definition) is 6. The van der Waals surface area contributed by atoms with Gasteiger partial charge in [0.25, 0.3) is 0 Å². The first-order valence-corrected chi connectivity index (χ1v) is 12.7. The summed E-state index contributed by atoms with van der Waals surface area (Å²) in [6.45, 7) is 5.87. The number of aryl methyl sites for hydroxylation is 1. The van der Waals surface area contributed by atoms with Gasteiger partial charge in [0.05, 0.1) is 27.3 Å². The van der Waals surface area contributed by atoms with Gasteiger partial charge in [-0.15, -0.1) is 23.1 Å². The number of allylic oxidation sites excluding steroid dienone is 3. The number of thioether (sulfide) groups is 1. The van der Waals surface area contributed by atoms with E-state index < -0.39 is 23.1 Å². The number of ketones is 1. The number of thiophene rings is 1. The Hall–Kier alpha value is -2.70. The van der Waals surface area contributed by atoms with Gasteiger partial charge in [-0.3, -0.25) is 9.69 Å². The Kier molecular flexibility index (Phi) is 6.11. The van der Waals surface area contributed by atoms with Crippen LogP contribution in [0.15, 0.2) is 57.2 Å². The maximum Gasteiger partial charge on any atom is 0.416 e. The highest BCUT2D eigenvalue weighted by atomic mass is 32.2. The summed E-state index contributed by atoms with van der Waals surface area (Å²) in [5.74, 6) is -0.686. The van der Waals surface area contributed by atoms with E-state index >= 15 is 0 Å². The van der Waals surface area contributed by atoms with Crippen LogP contribution in [0.5, 0.6) is 0 Å². The fourth-order valence-corrected chi connectivity index (χ4v) is 6.72. The van der Waals surface area contributed by atoms with Crippen LogP contribution in [0.1, 0.15) is 48.6 Å². The van der Waals surface area contributed by atoms with Crippen LogP contribution in [0.4, 0.5) is 18.9 Å². The molecule has 1 atom stereocenters. The van der Waals surface area contributed by atoms with E-state index in [1.165, 1.54) is 28.8 Å². The number of nitrogens with two attached hydrogens (primary N) is 1. The first-order valence-electron chi connectivity index (χ1n) is 10.7. The van der Waals surface area contributed by atoms with E-state index in [0.717, 1.165) is 26.8 Å². The first kappa shape index (κ1) is 24.4. The molecule has 0 saturated heterocycles. The second-order valence-electron chi connectivity index (χ2n) is 9.33. The van der Waals surface area contributed by atoms with E-state index in [4.69, 9.17) is 5.73 Å². The summed E-state index contributed by atoms with van der Waals surface area (Å²) >= 11 is 3.12. The normalized spacial score (nSPS) is 20.5. The quantitative estimate of drug-likeness (QED) is 0.470. The third-order valence-corrected chi connectivity index (χ3v) is 8.37. The molecular formula is C25H24F3N3OS2. The molecule has 9 heteroatoms. The maximum atomic E-state index is 13.6. The molecule has 178 valence electrons. The standard InChI is InChI=1S/C25H24F3N3OS2/c1-13-8-16(23(33-4)34-13)20-17(12-29)22(30)31(15-7-5-6-14(9-15)25(26,27)28)18-10-24(2,3)11-19(32)21(18)20/h5-9,20H,10-11,30H2,1-4H3. The van der Waals surface area contributed by atoms with Crippen molar-refractivity contribution in [1.29, 1.82) is 5.26 Å². The van der Waals surface area contributed by atoms with Gasteiger partial charge >= 0.3 is 6.18 Å². The average molecular weight is 504 g/mol. The smallest absolute Gasteiger partial charge is 0.384 e. The highest BCUT2D eigenvalue weighted by molar-refractivity contribution is 8.00. The van der Waals surface area contributed by atoms with Gasteiger partial charge in [0, 0.05) is 28.3 Å². The molecule has 2 N–H and O–H groups in total. The summed E-state index contributed by atoms with van der Waals surface area (Å²) < 4.78 is 41.4. The predicted molar refractivity (Wildman–Crippen MR) is 129 cm³/mol. The lowest BCUT2D eigenvalue weighted by Crippen LogP contribution is -2.42. The van der Waals surface area contributed by atoms with Gasteiger partial charge in [-0.05, 0) is 54.8 Å². The third kappa shape index (κ3) is 4.14. The largest absolute Gasteiger partial charge is 0.416 e. The second-order valence-corrected chi connectivity index (χ2v) is 11.7. The highest BCUT2D eigenvalue weighted by Crippen LogP contribution is 2.52. The van der Waals surface area contributed by atoms with Crippen LogP contribution in [-0.4, -0.2) is 12.0 Å². The third-order valence-electron chi connectivity index (χ3n) is 6.16. The van der Waals surface area contributed by atoms with E-state index in [1.807, 2.05) is 33.1 Å². The molecule has 1 aromatic heterocycles. The number of nitriles is 1. The van der Waals surface area contributed by atoms with Crippen molar-refractivity contribution >= 4 is 34.6 Å². The molecule has 0 saturated carbocycles. The maximum absolute atomic E-state index is 13.6. The minimum absolute atomic E-state index is 0.0620. The number of carbonyl (C=O) groups excluding carboxylic acids is 1. The molecule has 1 aromatic carbocycles. The minimum atomic E-state index is -4.54. The number of hydrogen-bond donors (Lipinski definition) is 1. The van der Waals surface area contributed by atoms with Gasteiger partial charge in [-0.25, -0.2) is 0 Å². The van der Waals surface area contributed by atoms with Crippen LogP contribution in [0.3, 0.4) is 0 Å². The van der Waals surface area contributed by atoms with Crippen molar-refractivity contribution in [3.8, 4) is 6.07 Å². The fourth-order valence-electron chi connectivity index (χ4n) is 4.81. The number of carbonyl (C=O) groups is 1. The zero-order chi connectivity index (χ0) is 25.0. The molecule has 0 radical (unpaired) electrons. The summed E-state index contributed by atoms with van der Waals surface area (Å²) in [6.07, 6.45) is -1.87. The number of anilines is 1. The van der Waals surface area contributed by atoms with E-state index in [-0.39, 0.29) is 29.3 Å². The Morgan fingerprint density at radius 3 is 2.59 bits per heavy atom. The molecule has 1 aliphatic carbocycles. The Labute approximate surface area is 204 Å². The van der Waals surface area contributed by atoms with Crippen molar-refractivity contribution < 1.29 is 18.0 Å². The van der Waals surface area contributed by atoms with E-state index in [2.05, 4.69) is 6.07 Å². The van der Waals surface area contributed by atoms with Crippen molar-refractivity contribution in [2.75, 3.05) is 11.2 Å². The van der Waals surface area contributed by atoms with Gasteiger partial charge in [0.2, 0.25) is 0 Å². The number of Topliss-reactive ketones (excluding diaryl/α,β-unsaturated/α-hetero) is 1. The predicted octanol–water partition coefficient (Wildman–Crippen LogP) is 6.74. The lowest BCUT2D eigenvalue weighted by molar-refractivity contribution is -0.137. The molecule has 0 spiro atoms. The molecular weight excluding hydrogens is 479 g/mol. The number of nitrogens with zero attached hydrogens (tertiary/aromatic N) is 2. The Morgan fingerprint density at radius 1 is 1.26 bits per heavy atom. The van der Waals surface area contributed by atoms with E-state index in [9.17, 15) is 23.2 Å². The first-order chi connectivity index (χ1) is 15.9. The lowest BCUT2D eigenvalue weighted by Gasteiger charge is -2.43. The van der Waals surface area contributed by atoms with Crippen LogP contribution in [-0.2, 0) is 11.0 Å². The van der Waals surface area contributed by atoms with Gasteiger partial charge in [-0.2, -0.15) is 18.4 Å². The number of benzene rings is 1. The number of alkyl halides is 3. The summed E-state index contributed by atoms with van der Waals surface area (Å²) in [5, 5.41) is 10.2. The van der Waals surface area contributed by atoms with Crippen LogP contribution in [0, 0.1) is 23.7 Å². The SMILES string of the molecule is CSc1sc(C)cc1C1C(C#N)=C(N)N(c2cccc(C(F)(F)F)c2)C2=C1C(=O)CC(C)(C)C2. The lowest BCUT2D eigenvalue weighted by atomic mass is 9.69. The van der Waals surface area contributed by atoms with Crippen LogP contribution < -0.4 is 10.6 Å². The van der Waals surface area contributed by atoms with E-state index in [1.54, 1.807) is 11.3 Å². The van der Waals surface area contributed by atoms with Crippen molar-refractivity contribution in [2.24, 2.45) is 11.1 Å². The Balaban J connectivity index is 2.02. The van der Waals surface area contributed by atoms with Gasteiger partial charge in [0.1, 0.15) is 5.82 Å². The molecule has 2 heterocycles. The summed E-state index contributed by atoms with van der Waals surface area (Å²) in [4.78, 5) is 16.1. The minimum Gasteiger partial charge on any atom is -0.384 e. The second kappa shape index (κ2) is 8.51. The Bertz CT molecular complexity index is 1280. The Morgan fingerprint density at radius 2 is 1.97 bits per heavy atom. The molecule has 4 nitrogen and oxygen atoms in total. The molecule has 2 aromatic rings. The number of halogens is 3. The van der Waals surface area contributed by atoms with Crippen molar-refractivity contribution in [3.63, 3.8) is 0 Å². The summed E-state index contributed by atoms with van der Waals surface area (Å²) in [5.41, 5.74) is 7.55. The molecule has 1 aliphatic heterocycles. The monoisotopic (exact) mass is 503 g/mol. The van der Waals surface area contributed by atoms with Crippen molar-refractivity contribution in [3.05, 3.63) is 69.0 Å². The van der Waals surface area contributed by atoms with Crippen molar-refractivity contribution in [2.45, 2.75) is 49.9 Å². The van der Waals surface area contributed by atoms with Crippen LogP contribution in [0.2, 0.25) is 0 Å². The molecule has 34 heavy (non-hydrogen) atoms. The van der Waals surface area contributed by atoms with Gasteiger partial charge in [-0.1, -0.05) is 19.9 Å². The van der Waals surface area contributed by atoms with Crippen LogP contribution in [0.25, 0.3) is 0 Å². The highest BCUT2D eigenvalue weighted by Gasteiger charge is 2.45. The fraction of sp³-hybridized carbons (Fsp3) is 0.360. The average Bonchev–Trinajstić information content (AvgIpc) is 3.12. The molecule has 0 bridgehead atoms. The molecule has 0 fully saturated rings. The summed E-state index contributed by atoms with van der Waals surface area (Å²) in [6, 6.07) is 9.00. The van der Waals surface area contributed by atoms with Crippen LogP contribution >= 0.6 is 23.1 Å². The molecule has 2 aliphatic rings. The van der Waals surface area contributed by atoms with Crippen molar-refractivity contribution in [1.82, 2.24) is 0 Å². The molecule has 4 rings (SSSR count). The zero-order valence-electron chi connectivity index (χ0n) is 19.2. The molecule has 0 amide bonds. The number of rotatable bonds is 3. The zero-order valence-corrected chi connectivity index (χ0v) is 20.8. The van der Waals surface area contributed by atoms with Gasteiger partial charge in [0.15, 0.2) is 5.78 Å². The summed E-state index contributed by atoms with van der Waals surface area (Å²) in [7, 11) is 0. The molecule has 1 unspecified atom stereocenters. The van der Waals surface area contributed by atoms with Gasteiger partial charge < -0.3 is 5.73 Å².